The Morgan fingerprint density at radius 2 is 0.800 bits per heavy atom. The largest absolute Gasteiger partial charge is 0.378 e. The first-order valence-electron chi connectivity index (χ1n) is 12.9. The van der Waals surface area contributed by atoms with E-state index >= 15 is 0 Å². The molecular weight excluding hydrogens is 372 g/mol. The van der Waals surface area contributed by atoms with Gasteiger partial charge < -0.3 is 20.1 Å². The van der Waals surface area contributed by atoms with Crippen molar-refractivity contribution in [3.05, 3.63) is 0 Å². The molecule has 2 N–H and O–H groups in total. The fourth-order valence-electron chi connectivity index (χ4n) is 4.98. The lowest BCUT2D eigenvalue weighted by atomic mass is 9.85. The summed E-state index contributed by atoms with van der Waals surface area (Å²) in [4.78, 5) is 0. The summed E-state index contributed by atoms with van der Waals surface area (Å²) in [6.45, 7) is 20.3. The summed E-state index contributed by atoms with van der Waals surface area (Å²) >= 11 is 0. The van der Waals surface area contributed by atoms with Crippen molar-refractivity contribution in [3.8, 4) is 0 Å². The Hall–Kier alpha value is -0.160. The molecule has 4 atom stereocenters. The number of unbranched alkanes of at least 4 members (excludes halogenated alkanes) is 1. The van der Waals surface area contributed by atoms with E-state index in [2.05, 4.69) is 66.0 Å². The molecule has 4 nitrogen and oxygen atoms in total. The highest BCUT2D eigenvalue weighted by molar-refractivity contribution is 4.90. The molecule has 178 valence electrons. The standard InChI is InChI=1S/C26H52N2O2/c1-17(2)23-13-21(14-24(27-23)18(3)4)29-11-9-10-12-30-22-15-25(19(5)6)28-26(16-22)20(7)8/h17-28H,9-16H2,1-8H3. The van der Waals surface area contributed by atoms with Gasteiger partial charge in [0.1, 0.15) is 0 Å². The van der Waals surface area contributed by atoms with Gasteiger partial charge in [-0.05, 0) is 62.2 Å². The van der Waals surface area contributed by atoms with Gasteiger partial charge in [-0.3, -0.25) is 0 Å². The van der Waals surface area contributed by atoms with Crippen molar-refractivity contribution >= 4 is 0 Å². The number of ether oxygens (including phenoxy) is 2. The zero-order chi connectivity index (χ0) is 22.3. The van der Waals surface area contributed by atoms with E-state index in [1.165, 1.54) is 0 Å². The molecule has 0 amide bonds. The zero-order valence-corrected chi connectivity index (χ0v) is 21.2. The third-order valence-electron chi connectivity index (χ3n) is 7.39. The topological polar surface area (TPSA) is 42.5 Å². The summed E-state index contributed by atoms with van der Waals surface area (Å²) < 4.78 is 12.7. The van der Waals surface area contributed by atoms with Gasteiger partial charge in [0.15, 0.2) is 0 Å². The van der Waals surface area contributed by atoms with E-state index in [1.807, 2.05) is 0 Å². The maximum atomic E-state index is 6.33. The molecule has 0 aromatic rings. The fourth-order valence-corrected chi connectivity index (χ4v) is 4.98. The van der Waals surface area contributed by atoms with Gasteiger partial charge in [0.25, 0.3) is 0 Å². The summed E-state index contributed by atoms with van der Waals surface area (Å²) in [5.74, 6) is 2.67. The minimum absolute atomic E-state index is 0.412. The third kappa shape index (κ3) is 8.41. The molecular formula is C26H52N2O2. The molecule has 2 heterocycles. The molecule has 0 saturated carbocycles. The first kappa shape index (κ1) is 26.1. The van der Waals surface area contributed by atoms with Crippen molar-refractivity contribution in [2.45, 2.75) is 130 Å². The highest BCUT2D eigenvalue weighted by atomic mass is 16.5. The molecule has 2 fully saturated rings. The number of piperidine rings is 2. The Morgan fingerprint density at radius 1 is 0.533 bits per heavy atom. The molecule has 2 saturated heterocycles. The Bertz CT molecular complexity index is 392. The van der Waals surface area contributed by atoms with Crippen LogP contribution in [0.5, 0.6) is 0 Å². The molecule has 2 aliphatic heterocycles. The Labute approximate surface area is 187 Å². The van der Waals surface area contributed by atoms with Crippen molar-refractivity contribution < 1.29 is 9.47 Å². The van der Waals surface area contributed by atoms with E-state index in [4.69, 9.17) is 9.47 Å². The maximum Gasteiger partial charge on any atom is 0.0605 e. The molecule has 0 spiro atoms. The van der Waals surface area contributed by atoms with E-state index < -0.39 is 0 Å². The van der Waals surface area contributed by atoms with E-state index in [0.717, 1.165) is 51.7 Å². The van der Waals surface area contributed by atoms with Gasteiger partial charge in [0.2, 0.25) is 0 Å². The first-order valence-corrected chi connectivity index (χ1v) is 12.9. The molecule has 2 rings (SSSR count). The van der Waals surface area contributed by atoms with Gasteiger partial charge in [-0.15, -0.1) is 0 Å². The minimum atomic E-state index is 0.412. The van der Waals surface area contributed by atoms with Gasteiger partial charge in [-0.25, -0.2) is 0 Å². The summed E-state index contributed by atoms with van der Waals surface area (Å²) in [6.07, 6.45) is 7.65. The average molecular weight is 425 g/mol. The molecule has 0 bridgehead atoms. The molecule has 2 aliphatic rings. The van der Waals surface area contributed by atoms with Crippen LogP contribution < -0.4 is 10.6 Å². The highest BCUT2D eigenvalue weighted by Crippen LogP contribution is 2.26. The molecule has 30 heavy (non-hydrogen) atoms. The van der Waals surface area contributed by atoms with Gasteiger partial charge in [0.05, 0.1) is 12.2 Å². The number of nitrogens with one attached hydrogen (secondary N) is 2. The summed E-state index contributed by atoms with van der Waals surface area (Å²) in [5.41, 5.74) is 0. The second-order valence-electron chi connectivity index (χ2n) is 11.4. The molecule has 0 aromatic carbocycles. The quantitative estimate of drug-likeness (QED) is 0.436. The van der Waals surface area contributed by atoms with Crippen molar-refractivity contribution in [2.24, 2.45) is 23.7 Å². The van der Waals surface area contributed by atoms with Crippen LogP contribution in [-0.4, -0.2) is 49.6 Å². The predicted octanol–water partition coefficient (Wildman–Crippen LogP) is 5.40. The minimum Gasteiger partial charge on any atom is -0.378 e. The number of hydrogen-bond acceptors (Lipinski definition) is 4. The summed E-state index contributed by atoms with van der Waals surface area (Å²) in [6, 6.07) is 2.34. The van der Waals surface area contributed by atoms with Gasteiger partial charge >= 0.3 is 0 Å². The van der Waals surface area contributed by atoms with Crippen LogP contribution in [0.3, 0.4) is 0 Å². The summed E-state index contributed by atoms with van der Waals surface area (Å²) in [7, 11) is 0. The Morgan fingerprint density at radius 3 is 1.03 bits per heavy atom. The van der Waals surface area contributed by atoms with Crippen LogP contribution in [0.4, 0.5) is 0 Å². The second-order valence-corrected chi connectivity index (χ2v) is 11.4. The predicted molar refractivity (Wildman–Crippen MR) is 128 cm³/mol. The Kier molecular flexibility index (Phi) is 11.1. The lowest BCUT2D eigenvalue weighted by Gasteiger charge is -2.40. The smallest absolute Gasteiger partial charge is 0.0605 e. The van der Waals surface area contributed by atoms with Crippen LogP contribution in [0, 0.1) is 23.7 Å². The van der Waals surface area contributed by atoms with Crippen molar-refractivity contribution in [1.82, 2.24) is 10.6 Å². The van der Waals surface area contributed by atoms with E-state index in [0.29, 0.717) is 60.0 Å². The van der Waals surface area contributed by atoms with Gasteiger partial charge in [-0.1, -0.05) is 55.4 Å². The first-order chi connectivity index (χ1) is 14.2. The third-order valence-corrected chi connectivity index (χ3v) is 7.39. The van der Waals surface area contributed by atoms with Crippen LogP contribution >= 0.6 is 0 Å². The van der Waals surface area contributed by atoms with Crippen LogP contribution in [0.25, 0.3) is 0 Å². The average Bonchev–Trinajstić information content (AvgIpc) is 2.69. The molecule has 0 radical (unpaired) electrons. The molecule has 0 aromatic heterocycles. The van der Waals surface area contributed by atoms with E-state index in [1.54, 1.807) is 0 Å². The van der Waals surface area contributed by atoms with Crippen LogP contribution in [-0.2, 0) is 9.47 Å². The maximum absolute atomic E-state index is 6.33. The Balaban J connectivity index is 1.66. The van der Waals surface area contributed by atoms with Gasteiger partial charge in [0, 0.05) is 37.4 Å². The van der Waals surface area contributed by atoms with Crippen molar-refractivity contribution in [3.63, 3.8) is 0 Å². The number of rotatable bonds is 11. The summed E-state index contributed by atoms with van der Waals surface area (Å²) in [5, 5.41) is 7.69. The van der Waals surface area contributed by atoms with Crippen LogP contribution in [0.2, 0.25) is 0 Å². The lowest BCUT2D eigenvalue weighted by molar-refractivity contribution is -0.0184. The molecule has 4 unspecified atom stereocenters. The van der Waals surface area contributed by atoms with Crippen molar-refractivity contribution in [1.29, 1.82) is 0 Å². The molecule has 4 heteroatoms. The van der Waals surface area contributed by atoms with Crippen LogP contribution in [0.15, 0.2) is 0 Å². The van der Waals surface area contributed by atoms with Crippen LogP contribution in [0.1, 0.15) is 93.9 Å². The lowest BCUT2D eigenvalue weighted by Crippen LogP contribution is -2.52. The number of hydrogen-bond donors (Lipinski definition) is 2. The second kappa shape index (κ2) is 12.8. The fraction of sp³-hybridized carbons (Fsp3) is 1.00. The normalized spacial score (nSPS) is 33.2. The SMILES string of the molecule is CC(C)C1CC(OCCCCOC2CC(C(C)C)NC(C(C)C)C2)CC(C(C)C)N1. The van der Waals surface area contributed by atoms with Gasteiger partial charge in [-0.2, -0.15) is 0 Å². The van der Waals surface area contributed by atoms with E-state index in [-0.39, 0.29) is 0 Å². The zero-order valence-electron chi connectivity index (χ0n) is 21.2. The molecule has 0 aliphatic carbocycles. The van der Waals surface area contributed by atoms with Crippen molar-refractivity contribution in [2.75, 3.05) is 13.2 Å². The monoisotopic (exact) mass is 424 g/mol. The highest BCUT2D eigenvalue weighted by Gasteiger charge is 2.32. The van der Waals surface area contributed by atoms with E-state index in [9.17, 15) is 0 Å².